The summed E-state index contributed by atoms with van der Waals surface area (Å²) < 4.78 is 30.4. The van der Waals surface area contributed by atoms with Crippen molar-refractivity contribution < 1.29 is 17.9 Å². The number of fused-ring (bicyclic) bond motifs is 1. The molecule has 2 aliphatic heterocycles. The monoisotopic (exact) mass is 492 g/mol. The smallest absolute Gasteiger partial charge is 0.252 e. The molecule has 0 aliphatic carbocycles. The Bertz CT molecular complexity index is 1120. The Labute approximate surface area is 197 Å². The molecule has 0 N–H and O–H groups in total. The van der Waals surface area contributed by atoms with Crippen LogP contribution in [-0.2, 0) is 21.1 Å². The Morgan fingerprint density at radius 2 is 2.00 bits per heavy atom. The van der Waals surface area contributed by atoms with Gasteiger partial charge in [0.2, 0.25) is 0 Å². The molecule has 2 heterocycles. The minimum Gasteiger partial charge on any atom is -0.494 e. The number of anilines is 1. The van der Waals surface area contributed by atoms with Crippen molar-refractivity contribution in [1.82, 2.24) is 0 Å². The number of amides is 1. The number of aliphatic imine (C=N–C) groups is 1. The van der Waals surface area contributed by atoms with Crippen molar-refractivity contribution in [2.75, 3.05) is 23.0 Å². The first kappa shape index (κ1) is 23.1. The molecular formula is C23H25ClN2O4S2. The van der Waals surface area contributed by atoms with Crippen LogP contribution >= 0.6 is 23.4 Å². The molecule has 2 saturated heterocycles. The standard InChI is InChI=1S/C23H25ClN2O4S2/c1-2-3-11-30-19-6-4-5-18(13-19)26-20-14-32(28,29)15-21(20)31-23(26)25-22(27)12-16-7-9-17(24)10-8-16/h4-10,13,20-21H,2-3,11-12,14-15H2,1H3. The lowest BCUT2D eigenvalue weighted by Crippen LogP contribution is -2.37. The molecule has 1 amide bonds. The first-order valence-electron chi connectivity index (χ1n) is 10.6. The fourth-order valence-corrected chi connectivity index (χ4v) is 7.90. The van der Waals surface area contributed by atoms with Crippen LogP contribution in [0, 0.1) is 0 Å². The van der Waals surface area contributed by atoms with Crippen molar-refractivity contribution >= 4 is 50.0 Å². The number of ether oxygens (including phenoxy) is 1. The second kappa shape index (κ2) is 9.85. The maximum absolute atomic E-state index is 12.7. The zero-order valence-corrected chi connectivity index (χ0v) is 20.1. The zero-order chi connectivity index (χ0) is 22.7. The van der Waals surface area contributed by atoms with Gasteiger partial charge in [-0.2, -0.15) is 4.99 Å². The van der Waals surface area contributed by atoms with Crippen LogP contribution in [-0.4, -0.2) is 48.9 Å². The topological polar surface area (TPSA) is 76.0 Å². The highest BCUT2D eigenvalue weighted by atomic mass is 35.5. The van der Waals surface area contributed by atoms with Gasteiger partial charge in [0.05, 0.1) is 30.6 Å². The largest absolute Gasteiger partial charge is 0.494 e. The van der Waals surface area contributed by atoms with Gasteiger partial charge >= 0.3 is 0 Å². The van der Waals surface area contributed by atoms with Gasteiger partial charge in [0, 0.05) is 22.0 Å². The molecule has 2 aromatic carbocycles. The maximum atomic E-state index is 12.7. The van der Waals surface area contributed by atoms with E-state index in [4.69, 9.17) is 16.3 Å². The second-order valence-corrected chi connectivity index (χ2v) is 11.8. The maximum Gasteiger partial charge on any atom is 0.252 e. The average molecular weight is 493 g/mol. The molecule has 2 aromatic rings. The van der Waals surface area contributed by atoms with Gasteiger partial charge in [0.25, 0.3) is 5.91 Å². The minimum absolute atomic E-state index is 0.0516. The molecule has 9 heteroatoms. The highest BCUT2D eigenvalue weighted by molar-refractivity contribution is 8.16. The van der Waals surface area contributed by atoms with Crippen LogP contribution in [0.25, 0.3) is 0 Å². The molecule has 2 fully saturated rings. The van der Waals surface area contributed by atoms with Crippen molar-refractivity contribution in [2.45, 2.75) is 37.5 Å². The van der Waals surface area contributed by atoms with Gasteiger partial charge in [-0.3, -0.25) is 4.79 Å². The van der Waals surface area contributed by atoms with Gasteiger partial charge < -0.3 is 9.64 Å². The predicted octanol–water partition coefficient (Wildman–Crippen LogP) is 4.36. The van der Waals surface area contributed by atoms with Crippen molar-refractivity contribution in [3.63, 3.8) is 0 Å². The molecule has 0 radical (unpaired) electrons. The van der Waals surface area contributed by atoms with E-state index in [9.17, 15) is 13.2 Å². The third kappa shape index (κ3) is 5.47. The molecule has 170 valence electrons. The number of sulfone groups is 1. The number of benzene rings is 2. The lowest BCUT2D eigenvalue weighted by atomic mass is 10.1. The van der Waals surface area contributed by atoms with Gasteiger partial charge in [0.1, 0.15) is 5.75 Å². The lowest BCUT2D eigenvalue weighted by Gasteiger charge is -2.25. The second-order valence-electron chi connectivity index (χ2n) is 7.96. The highest BCUT2D eigenvalue weighted by Gasteiger charge is 2.49. The lowest BCUT2D eigenvalue weighted by molar-refractivity contribution is -0.117. The molecule has 4 rings (SSSR count). The summed E-state index contributed by atoms with van der Waals surface area (Å²) >= 11 is 7.29. The van der Waals surface area contributed by atoms with Crippen molar-refractivity contribution in [2.24, 2.45) is 4.99 Å². The van der Waals surface area contributed by atoms with E-state index in [1.54, 1.807) is 24.3 Å². The summed E-state index contributed by atoms with van der Waals surface area (Å²) in [7, 11) is -3.12. The molecule has 0 bridgehead atoms. The Morgan fingerprint density at radius 3 is 2.75 bits per heavy atom. The summed E-state index contributed by atoms with van der Waals surface area (Å²) in [5.74, 6) is 0.585. The van der Waals surface area contributed by atoms with Gasteiger partial charge in [-0.15, -0.1) is 0 Å². The Kier molecular flexibility index (Phi) is 7.12. The first-order valence-corrected chi connectivity index (χ1v) is 13.7. The molecule has 0 spiro atoms. The zero-order valence-electron chi connectivity index (χ0n) is 17.7. The number of hydrogen-bond donors (Lipinski definition) is 0. The summed E-state index contributed by atoms with van der Waals surface area (Å²) in [5, 5.41) is 1.01. The van der Waals surface area contributed by atoms with E-state index in [-0.39, 0.29) is 35.1 Å². The molecule has 0 aromatic heterocycles. The van der Waals surface area contributed by atoms with Crippen LogP contribution in [0.1, 0.15) is 25.3 Å². The number of carbonyl (C=O) groups excluding carboxylic acids is 1. The number of hydrogen-bond acceptors (Lipinski definition) is 5. The van der Waals surface area contributed by atoms with Crippen LogP contribution in [0.5, 0.6) is 5.75 Å². The van der Waals surface area contributed by atoms with Crippen LogP contribution in [0.2, 0.25) is 5.02 Å². The molecule has 2 atom stereocenters. The summed E-state index contributed by atoms with van der Waals surface area (Å²) in [4.78, 5) is 19.0. The molecular weight excluding hydrogens is 468 g/mol. The Balaban J connectivity index is 1.60. The van der Waals surface area contributed by atoms with E-state index >= 15 is 0 Å². The van der Waals surface area contributed by atoms with Crippen molar-refractivity contribution in [1.29, 1.82) is 0 Å². The summed E-state index contributed by atoms with van der Waals surface area (Å²) in [6.45, 7) is 2.72. The fourth-order valence-electron chi connectivity index (χ4n) is 3.85. The fraction of sp³-hybridized carbons (Fsp3) is 0.391. The predicted molar refractivity (Wildman–Crippen MR) is 131 cm³/mol. The number of amidine groups is 1. The van der Waals surface area contributed by atoms with Gasteiger partial charge in [-0.1, -0.05) is 54.9 Å². The van der Waals surface area contributed by atoms with Crippen LogP contribution in [0.4, 0.5) is 5.69 Å². The van der Waals surface area contributed by atoms with Crippen molar-refractivity contribution in [3.8, 4) is 5.75 Å². The normalized spacial score (nSPS) is 22.8. The van der Waals surface area contributed by atoms with Crippen molar-refractivity contribution in [3.05, 3.63) is 59.1 Å². The van der Waals surface area contributed by atoms with Gasteiger partial charge in [-0.05, 0) is 36.2 Å². The Morgan fingerprint density at radius 1 is 1.22 bits per heavy atom. The average Bonchev–Trinajstić information content (AvgIpc) is 3.20. The molecule has 32 heavy (non-hydrogen) atoms. The van der Waals surface area contributed by atoms with Gasteiger partial charge in [-0.25, -0.2) is 8.42 Å². The number of carbonyl (C=O) groups is 1. The van der Waals surface area contributed by atoms with Crippen LogP contribution < -0.4 is 9.64 Å². The third-order valence-electron chi connectivity index (χ3n) is 5.42. The SMILES string of the molecule is CCCCOc1cccc(N2C(=NC(=O)Cc3ccc(Cl)cc3)SC3CS(=O)(=O)CC32)c1. The van der Waals surface area contributed by atoms with E-state index < -0.39 is 9.84 Å². The molecule has 0 saturated carbocycles. The molecule has 2 unspecified atom stereocenters. The summed E-state index contributed by atoms with van der Waals surface area (Å²) in [6, 6.07) is 14.4. The summed E-state index contributed by atoms with van der Waals surface area (Å²) in [6.07, 6.45) is 2.15. The number of unbranched alkanes of at least 4 members (excludes halogenated alkanes) is 1. The van der Waals surface area contributed by atoms with Crippen LogP contribution in [0.15, 0.2) is 53.5 Å². The minimum atomic E-state index is -3.12. The highest BCUT2D eigenvalue weighted by Crippen LogP contribution is 2.41. The summed E-state index contributed by atoms with van der Waals surface area (Å²) in [5.41, 5.74) is 1.61. The molecule has 6 nitrogen and oxygen atoms in total. The van der Waals surface area contributed by atoms with Gasteiger partial charge in [0.15, 0.2) is 15.0 Å². The third-order valence-corrected chi connectivity index (χ3v) is 8.88. The number of thioether (sulfide) groups is 1. The number of nitrogens with zero attached hydrogens (tertiary/aromatic N) is 2. The van der Waals surface area contributed by atoms with E-state index in [1.807, 2.05) is 29.2 Å². The van der Waals surface area contributed by atoms with Crippen LogP contribution in [0.3, 0.4) is 0 Å². The molecule has 2 aliphatic rings. The number of halogens is 1. The van der Waals surface area contributed by atoms with E-state index in [0.29, 0.717) is 16.8 Å². The number of rotatable bonds is 7. The Hall–Kier alpha value is -2.03. The van der Waals surface area contributed by atoms with E-state index in [2.05, 4.69) is 11.9 Å². The quantitative estimate of drug-likeness (QED) is 0.534. The first-order chi connectivity index (χ1) is 15.3. The van der Waals surface area contributed by atoms with E-state index in [1.165, 1.54) is 11.8 Å². The van der Waals surface area contributed by atoms with E-state index in [0.717, 1.165) is 29.8 Å².